The van der Waals surface area contributed by atoms with Gasteiger partial charge in [0.05, 0.1) is 13.2 Å². The number of nitrogens with zero attached hydrogens (tertiary/aromatic N) is 1. The molecule has 1 aliphatic rings. The predicted molar refractivity (Wildman–Crippen MR) is 98.7 cm³/mol. The molecule has 1 saturated heterocycles. The van der Waals surface area contributed by atoms with Gasteiger partial charge in [0, 0.05) is 31.6 Å². The maximum Gasteiger partial charge on any atom is 0.312 e. The van der Waals surface area contributed by atoms with E-state index in [9.17, 15) is 14.4 Å². The third-order valence-corrected chi connectivity index (χ3v) is 4.26. The number of benzene rings is 1. The molecule has 3 N–H and O–H groups in total. The minimum atomic E-state index is -0.937. The van der Waals surface area contributed by atoms with Crippen LogP contribution in [0.5, 0.6) is 0 Å². The monoisotopic (exact) mass is 377 g/mol. The summed E-state index contributed by atoms with van der Waals surface area (Å²) in [5.74, 6) is -0.628. The van der Waals surface area contributed by atoms with Gasteiger partial charge in [-0.25, -0.2) is 4.79 Å². The van der Waals surface area contributed by atoms with Gasteiger partial charge < -0.3 is 25.4 Å². The van der Waals surface area contributed by atoms with E-state index in [0.717, 1.165) is 12.8 Å². The van der Waals surface area contributed by atoms with E-state index in [4.69, 9.17) is 15.2 Å². The van der Waals surface area contributed by atoms with Crippen LogP contribution in [-0.4, -0.2) is 55.7 Å². The fourth-order valence-electron chi connectivity index (χ4n) is 2.81. The molecule has 1 aromatic carbocycles. The van der Waals surface area contributed by atoms with Gasteiger partial charge in [0.1, 0.15) is 0 Å². The van der Waals surface area contributed by atoms with Crippen molar-refractivity contribution in [3.63, 3.8) is 0 Å². The van der Waals surface area contributed by atoms with Gasteiger partial charge in [-0.1, -0.05) is 36.8 Å². The van der Waals surface area contributed by atoms with Crippen molar-refractivity contribution in [2.45, 2.75) is 31.8 Å². The average Bonchev–Trinajstić information content (AvgIpc) is 2.69. The lowest BCUT2D eigenvalue weighted by Gasteiger charge is -2.30. The van der Waals surface area contributed by atoms with E-state index >= 15 is 0 Å². The number of urea groups is 1. The summed E-state index contributed by atoms with van der Waals surface area (Å²) in [6, 6.07) is 8.49. The van der Waals surface area contributed by atoms with Crippen molar-refractivity contribution in [2.75, 3.05) is 32.8 Å². The standard InChI is InChI=1S/C19H27N3O5/c20-19(25)21-10-6-2-5-9-16(23)27-17(15-7-3-1-4-8-15)18(24)22-11-13-26-14-12-22/h1,3-4,7-8,17H,2,5-6,9-14H2,(H3,20,21,25)/t17-/m0/s1. The molecule has 27 heavy (non-hydrogen) atoms. The topological polar surface area (TPSA) is 111 Å². The highest BCUT2D eigenvalue weighted by atomic mass is 16.5. The lowest BCUT2D eigenvalue weighted by atomic mass is 10.1. The molecular formula is C19H27N3O5. The molecule has 148 valence electrons. The van der Waals surface area contributed by atoms with Gasteiger partial charge in [-0.15, -0.1) is 0 Å². The van der Waals surface area contributed by atoms with E-state index in [-0.39, 0.29) is 12.3 Å². The van der Waals surface area contributed by atoms with Crippen LogP contribution in [0.4, 0.5) is 4.79 Å². The Morgan fingerprint density at radius 3 is 2.48 bits per heavy atom. The summed E-state index contributed by atoms with van der Waals surface area (Å²) in [5.41, 5.74) is 5.65. The van der Waals surface area contributed by atoms with Gasteiger partial charge in [-0.2, -0.15) is 0 Å². The Bertz CT molecular complexity index is 617. The molecule has 2 rings (SSSR count). The molecule has 0 aromatic heterocycles. The van der Waals surface area contributed by atoms with E-state index in [0.29, 0.717) is 44.8 Å². The van der Waals surface area contributed by atoms with Crippen molar-refractivity contribution < 1.29 is 23.9 Å². The molecule has 0 saturated carbocycles. The zero-order valence-corrected chi connectivity index (χ0v) is 15.4. The first kappa shape index (κ1) is 20.7. The minimum Gasteiger partial charge on any atom is -0.447 e. The van der Waals surface area contributed by atoms with Crippen LogP contribution in [0.2, 0.25) is 0 Å². The number of nitrogens with one attached hydrogen (secondary N) is 1. The van der Waals surface area contributed by atoms with Crippen molar-refractivity contribution in [2.24, 2.45) is 5.73 Å². The summed E-state index contributed by atoms with van der Waals surface area (Å²) in [6.45, 7) is 2.44. The molecule has 0 radical (unpaired) electrons. The first-order valence-corrected chi connectivity index (χ1v) is 9.22. The van der Waals surface area contributed by atoms with Crippen molar-refractivity contribution >= 4 is 17.9 Å². The Morgan fingerprint density at radius 1 is 1.11 bits per heavy atom. The lowest BCUT2D eigenvalue weighted by molar-refractivity contribution is -0.162. The number of nitrogens with two attached hydrogens (primary N) is 1. The molecule has 8 nitrogen and oxygen atoms in total. The number of hydrogen-bond acceptors (Lipinski definition) is 5. The molecule has 0 bridgehead atoms. The van der Waals surface area contributed by atoms with E-state index in [1.54, 1.807) is 17.0 Å². The molecule has 1 atom stereocenters. The molecule has 0 unspecified atom stereocenters. The number of carbonyl (C=O) groups is 3. The van der Waals surface area contributed by atoms with Gasteiger partial charge in [-0.3, -0.25) is 9.59 Å². The molecule has 1 heterocycles. The zero-order valence-electron chi connectivity index (χ0n) is 15.4. The lowest BCUT2D eigenvalue weighted by Crippen LogP contribution is -2.44. The maximum absolute atomic E-state index is 12.9. The fourth-order valence-corrected chi connectivity index (χ4v) is 2.81. The van der Waals surface area contributed by atoms with Crippen LogP contribution < -0.4 is 11.1 Å². The second-order valence-electron chi connectivity index (χ2n) is 6.32. The third kappa shape index (κ3) is 7.26. The zero-order chi connectivity index (χ0) is 19.5. The third-order valence-electron chi connectivity index (χ3n) is 4.26. The van der Waals surface area contributed by atoms with E-state index in [2.05, 4.69) is 5.32 Å². The van der Waals surface area contributed by atoms with Crippen LogP contribution in [-0.2, 0) is 19.1 Å². The van der Waals surface area contributed by atoms with Crippen LogP contribution in [0.1, 0.15) is 37.4 Å². The normalized spacial score (nSPS) is 15.0. The number of esters is 1. The predicted octanol–water partition coefficient (Wildman–Crippen LogP) is 1.36. The summed E-state index contributed by atoms with van der Waals surface area (Å²) in [4.78, 5) is 37.4. The fraction of sp³-hybridized carbons (Fsp3) is 0.526. The molecule has 1 fully saturated rings. The molecule has 8 heteroatoms. The van der Waals surface area contributed by atoms with Crippen LogP contribution in [0, 0.1) is 0 Å². The average molecular weight is 377 g/mol. The summed E-state index contributed by atoms with van der Waals surface area (Å²) in [7, 11) is 0. The van der Waals surface area contributed by atoms with Gasteiger partial charge in [-0.05, 0) is 12.8 Å². The molecule has 0 spiro atoms. The first-order chi connectivity index (χ1) is 13.1. The summed E-state index contributed by atoms with van der Waals surface area (Å²) >= 11 is 0. The number of unbranched alkanes of at least 4 members (excludes halogenated alkanes) is 2. The Hall–Kier alpha value is -2.61. The number of morpholine rings is 1. The van der Waals surface area contributed by atoms with Crippen molar-refractivity contribution in [1.29, 1.82) is 0 Å². The van der Waals surface area contributed by atoms with Crippen molar-refractivity contribution in [1.82, 2.24) is 10.2 Å². The van der Waals surface area contributed by atoms with E-state index in [1.807, 2.05) is 18.2 Å². The van der Waals surface area contributed by atoms with Crippen LogP contribution >= 0.6 is 0 Å². The maximum atomic E-state index is 12.9. The van der Waals surface area contributed by atoms with Crippen LogP contribution in [0.15, 0.2) is 30.3 Å². The van der Waals surface area contributed by atoms with Gasteiger partial charge in [0.25, 0.3) is 5.91 Å². The Labute approximate surface area is 159 Å². The van der Waals surface area contributed by atoms with Crippen molar-refractivity contribution in [3.05, 3.63) is 35.9 Å². The minimum absolute atomic E-state index is 0.219. The van der Waals surface area contributed by atoms with E-state index in [1.165, 1.54) is 0 Å². The number of carbonyl (C=O) groups excluding carboxylic acids is 3. The second-order valence-corrected chi connectivity index (χ2v) is 6.32. The number of amides is 3. The highest BCUT2D eigenvalue weighted by Crippen LogP contribution is 2.22. The Balaban J connectivity index is 1.87. The molecule has 1 aromatic rings. The van der Waals surface area contributed by atoms with Crippen LogP contribution in [0.25, 0.3) is 0 Å². The number of hydrogen-bond donors (Lipinski definition) is 2. The highest BCUT2D eigenvalue weighted by molar-refractivity contribution is 5.85. The summed E-state index contributed by atoms with van der Waals surface area (Å²) in [5, 5.41) is 2.50. The van der Waals surface area contributed by atoms with Gasteiger partial charge >= 0.3 is 12.0 Å². The Kier molecular flexibility index (Phi) is 8.57. The molecule has 0 aliphatic carbocycles. The van der Waals surface area contributed by atoms with Gasteiger partial charge in [0.2, 0.25) is 6.10 Å². The second kappa shape index (κ2) is 11.2. The summed E-state index contributed by atoms with van der Waals surface area (Å²) in [6.07, 6.45) is 1.38. The molecule has 3 amide bonds. The number of primary amides is 1. The number of rotatable bonds is 9. The largest absolute Gasteiger partial charge is 0.447 e. The Morgan fingerprint density at radius 2 is 1.81 bits per heavy atom. The SMILES string of the molecule is NC(=O)NCCCCCC(=O)O[C@H](C(=O)N1CCOCC1)c1ccccc1. The first-order valence-electron chi connectivity index (χ1n) is 9.22. The molecule has 1 aliphatic heterocycles. The van der Waals surface area contributed by atoms with Crippen molar-refractivity contribution in [3.8, 4) is 0 Å². The molecular weight excluding hydrogens is 350 g/mol. The smallest absolute Gasteiger partial charge is 0.312 e. The quantitative estimate of drug-likeness (QED) is 0.499. The highest BCUT2D eigenvalue weighted by Gasteiger charge is 2.30. The number of ether oxygens (including phenoxy) is 2. The van der Waals surface area contributed by atoms with Crippen LogP contribution in [0.3, 0.4) is 0 Å². The van der Waals surface area contributed by atoms with E-state index < -0.39 is 18.1 Å². The van der Waals surface area contributed by atoms with Gasteiger partial charge in [0.15, 0.2) is 0 Å². The summed E-state index contributed by atoms with van der Waals surface area (Å²) < 4.78 is 10.8.